The van der Waals surface area contributed by atoms with Gasteiger partial charge in [0.15, 0.2) is 5.78 Å². The number of Topliss-reactive ketones (excluding diaryl/α,β-unsaturated/α-hetero) is 1. The smallest absolute Gasteiger partial charge is 0.319 e. The molecule has 0 atom stereocenters. The second-order valence-electron chi connectivity index (χ2n) is 4.79. The van der Waals surface area contributed by atoms with E-state index in [1.807, 2.05) is 0 Å². The molecule has 0 bridgehead atoms. The second kappa shape index (κ2) is 9.92. The number of unbranched alkanes of at least 4 members (excludes halogenated alkanes) is 1. The lowest BCUT2D eigenvalue weighted by atomic mass is 9.88. The Morgan fingerprint density at radius 1 is 1.00 bits per heavy atom. The van der Waals surface area contributed by atoms with Crippen LogP contribution in [0, 0.1) is 5.41 Å². The van der Waals surface area contributed by atoms with Gasteiger partial charge in [0.2, 0.25) is 0 Å². The molecule has 0 radical (unpaired) electrons. The minimum absolute atomic E-state index is 0.0943. The molecule has 0 N–H and O–H groups in total. The minimum atomic E-state index is -1.15. The zero-order valence-electron chi connectivity index (χ0n) is 12.5. The van der Waals surface area contributed by atoms with E-state index in [4.69, 9.17) is 14.2 Å². The molecule has 0 aromatic carbocycles. The maximum absolute atomic E-state index is 11.8. The molecule has 0 rings (SSSR count). The van der Waals surface area contributed by atoms with Crippen LogP contribution in [0.2, 0.25) is 0 Å². The molecule has 0 aromatic heterocycles. The fraction of sp³-hybridized carbons (Fsp3) is 0.857. The molecule has 0 unspecified atom stereocenters. The van der Waals surface area contributed by atoms with Gasteiger partial charge in [0.25, 0.3) is 0 Å². The Kier molecular flexibility index (Phi) is 9.43. The van der Waals surface area contributed by atoms with Crippen LogP contribution < -0.4 is 0 Å². The molecule has 0 saturated heterocycles. The third-order valence-electron chi connectivity index (χ3n) is 2.73. The van der Waals surface area contributed by atoms with Crippen LogP contribution in [0.3, 0.4) is 0 Å². The Bertz CT molecular complexity index is 273. The van der Waals surface area contributed by atoms with Crippen molar-refractivity contribution in [1.29, 1.82) is 0 Å². The largest absolute Gasteiger partial charge is 0.465 e. The van der Waals surface area contributed by atoms with Crippen molar-refractivity contribution in [3.63, 3.8) is 0 Å². The number of hydrogen-bond donors (Lipinski definition) is 0. The molecule has 0 aliphatic carbocycles. The van der Waals surface area contributed by atoms with Crippen molar-refractivity contribution < 1.29 is 23.8 Å². The number of ether oxygens (including phenoxy) is 3. The summed E-state index contributed by atoms with van der Waals surface area (Å²) < 4.78 is 15.4. The highest BCUT2D eigenvalue weighted by molar-refractivity contribution is 6.03. The first-order valence-corrected chi connectivity index (χ1v) is 6.82. The van der Waals surface area contributed by atoms with Gasteiger partial charge in [-0.1, -0.05) is 13.3 Å². The van der Waals surface area contributed by atoms with E-state index < -0.39 is 11.4 Å². The summed E-state index contributed by atoms with van der Waals surface area (Å²) in [4.78, 5) is 23.4. The van der Waals surface area contributed by atoms with Crippen molar-refractivity contribution in [2.75, 3.05) is 33.0 Å². The third-order valence-corrected chi connectivity index (χ3v) is 2.73. The molecule has 0 saturated carbocycles. The molecular weight excluding hydrogens is 248 g/mol. The highest BCUT2D eigenvalue weighted by Gasteiger charge is 2.37. The maximum Gasteiger partial charge on any atom is 0.319 e. The first-order chi connectivity index (χ1) is 8.96. The summed E-state index contributed by atoms with van der Waals surface area (Å²) in [7, 11) is 0. The molecule has 0 heterocycles. The van der Waals surface area contributed by atoms with E-state index in [1.165, 1.54) is 0 Å². The summed E-state index contributed by atoms with van der Waals surface area (Å²) in [6, 6.07) is 0. The number of hydrogen-bond acceptors (Lipinski definition) is 5. The standard InChI is InChI=1S/C14H26O5/c1-5-7-8-17-9-10-18-11-12(15)14(3,4)13(16)19-6-2/h5-11H2,1-4H3. The molecule has 0 fully saturated rings. The van der Waals surface area contributed by atoms with Gasteiger partial charge in [0, 0.05) is 6.61 Å². The van der Waals surface area contributed by atoms with Gasteiger partial charge in [0.1, 0.15) is 12.0 Å². The van der Waals surface area contributed by atoms with Crippen molar-refractivity contribution in [1.82, 2.24) is 0 Å². The van der Waals surface area contributed by atoms with Gasteiger partial charge in [0.05, 0.1) is 19.8 Å². The van der Waals surface area contributed by atoms with Gasteiger partial charge >= 0.3 is 5.97 Å². The first kappa shape index (κ1) is 18.1. The van der Waals surface area contributed by atoms with Crippen molar-refractivity contribution >= 4 is 11.8 Å². The zero-order valence-corrected chi connectivity index (χ0v) is 12.5. The van der Waals surface area contributed by atoms with Gasteiger partial charge in [-0.05, 0) is 27.2 Å². The zero-order chi connectivity index (χ0) is 14.7. The van der Waals surface area contributed by atoms with Gasteiger partial charge in [-0.3, -0.25) is 9.59 Å². The van der Waals surface area contributed by atoms with E-state index in [-0.39, 0.29) is 19.0 Å². The number of rotatable bonds is 11. The summed E-state index contributed by atoms with van der Waals surface area (Å²) in [5, 5.41) is 0. The van der Waals surface area contributed by atoms with Crippen LogP contribution in [-0.2, 0) is 23.8 Å². The summed E-state index contributed by atoms with van der Waals surface area (Å²) in [5.41, 5.74) is -1.15. The van der Waals surface area contributed by atoms with Gasteiger partial charge in [-0.2, -0.15) is 0 Å². The Balaban J connectivity index is 3.81. The molecule has 5 heteroatoms. The summed E-state index contributed by atoms with van der Waals surface area (Å²) in [6.45, 7) is 8.61. The predicted octanol–water partition coefficient (Wildman–Crippen LogP) is 1.98. The van der Waals surface area contributed by atoms with E-state index in [0.29, 0.717) is 19.8 Å². The molecule has 0 aliphatic rings. The lowest BCUT2D eigenvalue weighted by molar-refractivity contribution is -0.159. The molecule has 0 spiro atoms. The number of esters is 1. The second-order valence-corrected chi connectivity index (χ2v) is 4.79. The van der Waals surface area contributed by atoms with E-state index in [9.17, 15) is 9.59 Å². The predicted molar refractivity (Wildman–Crippen MR) is 72.0 cm³/mol. The first-order valence-electron chi connectivity index (χ1n) is 6.82. The maximum atomic E-state index is 11.8. The molecule has 0 amide bonds. The van der Waals surface area contributed by atoms with Crippen LogP contribution in [0.1, 0.15) is 40.5 Å². The summed E-state index contributed by atoms with van der Waals surface area (Å²) in [5.74, 6) is -0.790. The van der Waals surface area contributed by atoms with Crippen molar-refractivity contribution in [3.05, 3.63) is 0 Å². The van der Waals surface area contributed by atoms with Crippen molar-refractivity contribution in [3.8, 4) is 0 Å². The van der Waals surface area contributed by atoms with Crippen molar-refractivity contribution in [2.45, 2.75) is 40.5 Å². The molecule has 0 aliphatic heterocycles. The highest BCUT2D eigenvalue weighted by atomic mass is 16.5. The molecule has 0 aromatic rings. The summed E-state index contributed by atoms with van der Waals surface area (Å²) >= 11 is 0. The van der Waals surface area contributed by atoms with E-state index in [1.54, 1.807) is 20.8 Å². The van der Waals surface area contributed by atoms with Crippen LogP contribution in [0.15, 0.2) is 0 Å². The van der Waals surface area contributed by atoms with Crippen LogP contribution in [0.25, 0.3) is 0 Å². The van der Waals surface area contributed by atoms with Crippen LogP contribution in [0.4, 0.5) is 0 Å². The Hall–Kier alpha value is -0.940. The quantitative estimate of drug-likeness (QED) is 0.327. The summed E-state index contributed by atoms with van der Waals surface area (Å²) in [6.07, 6.45) is 2.11. The Morgan fingerprint density at radius 3 is 2.21 bits per heavy atom. The molecule has 112 valence electrons. The molecular formula is C14H26O5. The van der Waals surface area contributed by atoms with Gasteiger partial charge < -0.3 is 14.2 Å². The minimum Gasteiger partial charge on any atom is -0.465 e. The van der Waals surface area contributed by atoms with E-state index >= 15 is 0 Å². The average molecular weight is 274 g/mol. The van der Waals surface area contributed by atoms with E-state index in [2.05, 4.69) is 6.92 Å². The van der Waals surface area contributed by atoms with Gasteiger partial charge in [-0.25, -0.2) is 0 Å². The Labute approximate surface area is 115 Å². The Morgan fingerprint density at radius 2 is 1.63 bits per heavy atom. The topological polar surface area (TPSA) is 61.8 Å². The van der Waals surface area contributed by atoms with E-state index in [0.717, 1.165) is 12.8 Å². The third kappa shape index (κ3) is 7.28. The normalized spacial score (nSPS) is 11.4. The highest BCUT2D eigenvalue weighted by Crippen LogP contribution is 2.19. The van der Waals surface area contributed by atoms with Crippen LogP contribution >= 0.6 is 0 Å². The fourth-order valence-electron chi connectivity index (χ4n) is 1.24. The average Bonchev–Trinajstić information content (AvgIpc) is 2.37. The van der Waals surface area contributed by atoms with Crippen molar-refractivity contribution in [2.24, 2.45) is 5.41 Å². The fourth-order valence-corrected chi connectivity index (χ4v) is 1.24. The lowest BCUT2D eigenvalue weighted by Gasteiger charge is -2.20. The lowest BCUT2D eigenvalue weighted by Crippen LogP contribution is -2.37. The number of ketones is 1. The van der Waals surface area contributed by atoms with Crippen LogP contribution in [0.5, 0.6) is 0 Å². The SMILES string of the molecule is CCCCOCCOCC(=O)C(C)(C)C(=O)OCC. The van der Waals surface area contributed by atoms with Crippen LogP contribution in [-0.4, -0.2) is 44.8 Å². The molecule has 5 nitrogen and oxygen atoms in total. The number of carbonyl (C=O) groups excluding carboxylic acids is 2. The molecule has 19 heavy (non-hydrogen) atoms. The monoisotopic (exact) mass is 274 g/mol. The number of carbonyl (C=O) groups is 2. The van der Waals surface area contributed by atoms with Gasteiger partial charge in [-0.15, -0.1) is 0 Å².